The lowest BCUT2D eigenvalue weighted by molar-refractivity contribution is -0.141. The molecule has 0 aliphatic heterocycles. The molecular weight excluding hydrogens is 270 g/mol. The zero-order chi connectivity index (χ0) is 16.2. The smallest absolute Gasteiger partial charge is 0.326 e. The van der Waals surface area contributed by atoms with Crippen LogP contribution in [0.5, 0.6) is 0 Å². The van der Waals surface area contributed by atoms with Gasteiger partial charge in [-0.3, -0.25) is 0 Å². The molecule has 0 aliphatic carbocycles. The Hall–Kier alpha value is -2.55. The first-order valence-corrected chi connectivity index (χ1v) is 6.46. The Balaban J connectivity index is 2.87. The van der Waals surface area contributed by atoms with E-state index in [1.807, 2.05) is 6.07 Å². The zero-order valence-corrected chi connectivity index (χ0v) is 12.5. The van der Waals surface area contributed by atoms with Crippen LogP contribution in [0.15, 0.2) is 18.2 Å². The number of nitriles is 1. The van der Waals surface area contributed by atoms with Crippen LogP contribution < -0.4 is 10.6 Å². The van der Waals surface area contributed by atoms with E-state index in [4.69, 9.17) is 5.26 Å². The van der Waals surface area contributed by atoms with Crippen LogP contribution in [0.2, 0.25) is 0 Å². The van der Waals surface area contributed by atoms with Gasteiger partial charge in [0.1, 0.15) is 6.04 Å². The van der Waals surface area contributed by atoms with Crippen molar-refractivity contribution in [3.8, 4) is 6.07 Å². The minimum Gasteiger partial charge on any atom is -0.480 e. The van der Waals surface area contributed by atoms with Gasteiger partial charge in [-0.15, -0.1) is 0 Å². The Morgan fingerprint density at radius 2 is 1.95 bits per heavy atom. The quantitative estimate of drug-likeness (QED) is 0.795. The van der Waals surface area contributed by atoms with Crippen molar-refractivity contribution in [1.29, 1.82) is 5.26 Å². The van der Waals surface area contributed by atoms with Crippen molar-refractivity contribution in [3.63, 3.8) is 0 Å². The molecule has 1 rings (SSSR count). The normalized spacial score (nSPS) is 12.1. The fourth-order valence-electron chi connectivity index (χ4n) is 1.76. The van der Waals surface area contributed by atoms with E-state index in [1.165, 1.54) is 0 Å². The summed E-state index contributed by atoms with van der Waals surface area (Å²) >= 11 is 0. The van der Waals surface area contributed by atoms with E-state index in [2.05, 4.69) is 10.6 Å². The SMILES string of the molecule is Cc1ccc(C#N)cc1NC(=O)NC(C(=O)O)C(C)(C)C. The van der Waals surface area contributed by atoms with E-state index < -0.39 is 23.5 Å². The molecule has 0 bridgehead atoms. The van der Waals surface area contributed by atoms with Crippen LogP contribution in [-0.4, -0.2) is 23.1 Å². The van der Waals surface area contributed by atoms with Crippen LogP contribution in [0.1, 0.15) is 31.9 Å². The van der Waals surface area contributed by atoms with Gasteiger partial charge >= 0.3 is 12.0 Å². The van der Waals surface area contributed by atoms with Gasteiger partial charge in [0, 0.05) is 5.69 Å². The molecule has 0 aliphatic rings. The molecule has 1 atom stereocenters. The second-order valence-corrected chi connectivity index (χ2v) is 5.88. The van der Waals surface area contributed by atoms with Crippen molar-refractivity contribution in [2.45, 2.75) is 33.7 Å². The first-order chi connectivity index (χ1) is 9.65. The molecule has 6 heteroatoms. The number of carboxylic acids is 1. The molecule has 1 aromatic carbocycles. The van der Waals surface area contributed by atoms with Gasteiger partial charge in [-0.05, 0) is 30.0 Å². The van der Waals surface area contributed by atoms with Gasteiger partial charge in [0.2, 0.25) is 0 Å². The van der Waals surface area contributed by atoms with Gasteiger partial charge in [0.05, 0.1) is 11.6 Å². The molecule has 112 valence electrons. The van der Waals surface area contributed by atoms with E-state index in [0.717, 1.165) is 5.56 Å². The molecule has 1 aromatic rings. The summed E-state index contributed by atoms with van der Waals surface area (Å²) in [6.45, 7) is 6.98. The third kappa shape index (κ3) is 4.49. The summed E-state index contributed by atoms with van der Waals surface area (Å²) in [5, 5.41) is 23.0. The number of benzene rings is 1. The monoisotopic (exact) mass is 289 g/mol. The van der Waals surface area contributed by atoms with Gasteiger partial charge in [-0.2, -0.15) is 5.26 Å². The lowest BCUT2D eigenvalue weighted by Crippen LogP contribution is -2.50. The van der Waals surface area contributed by atoms with Crippen LogP contribution >= 0.6 is 0 Å². The first-order valence-electron chi connectivity index (χ1n) is 6.46. The van der Waals surface area contributed by atoms with Crippen molar-refractivity contribution < 1.29 is 14.7 Å². The van der Waals surface area contributed by atoms with Crippen molar-refractivity contribution in [3.05, 3.63) is 29.3 Å². The molecule has 0 aromatic heterocycles. The van der Waals surface area contributed by atoms with Gasteiger partial charge < -0.3 is 15.7 Å². The maximum absolute atomic E-state index is 12.0. The number of aliphatic carboxylic acids is 1. The number of hydrogen-bond acceptors (Lipinski definition) is 3. The predicted octanol–water partition coefficient (Wildman–Crippen LogP) is 2.49. The lowest BCUT2D eigenvalue weighted by Gasteiger charge is -2.27. The Labute approximate surface area is 123 Å². The molecule has 21 heavy (non-hydrogen) atoms. The van der Waals surface area contributed by atoms with Crippen LogP contribution in [0.3, 0.4) is 0 Å². The molecule has 0 spiro atoms. The molecule has 0 fully saturated rings. The second kappa shape index (κ2) is 6.27. The molecule has 1 unspecified atom stereocenters. The van der Waals surface area contributed by atoms with Crippen LogP contribution in [0, 0.1) is 23.7 Å². The highest BCUT2D eigenvalue weighted by Crippen LogP contribution is 2.20. The molecule has 6 nitrogen and oxygen atoms in total. The topological polar surface area (TPSA) is 102 Å². The number of hydrogen-bond donors (Lipinski definition) is 3. The number of carbonyl (C=O) groups excluding carboxylic acids is 1. The maximum atomic E-state index is 12.0. The number of carboxylic acid groups (broad SMARTS) is 1. The molecule has 2 amide bonds. The van der Waals surface area contributed by atoms with E-state index in [9.17, 15) is 14.7 Å². The number of nitrogens with one attached hydrogen (secondary N) is 2. The number of amides is 2. The Morgan fingerprint density at radius 1 is 1.33 bits per heavy atom. The van der Waals surface area contributed by atoms with Crippen molar-refractivity contribution in [1.82, 2.24) is 5.32 Å². The highest BCUT2D eigenvalue weighted by molar-refractivity contribution is 5.93. The van der Waals surface area contributed by atoms with Crippen molar-refractivity contribution in [2.75, 3.05) is 5.32 Å². The minimum absolute atomic E-state index is 0.418. The molecule has 0 radical (unpaired) electrons. The molecule has 3 N–H and O–H groups in total. The summed E-state index contributed by atoms with van der Waals surface area (Å²) in [6, 6.07) is 5.26. The average Bonchev–Trinajstić information content (AvgIpc) is 2.37. The predicted molar refractivity (Wildman–Crippen MR) is 78.9 cm³/mol. The highest BCUT2D eigenvalue weighted by atomic mass is 16.4. The lowest BCUT2D eigenvalue weighted by atomic mass is 9.87. The molecular formula is C15H19N3O3. The van der Waals surface area contributed by atoms with Gasteiger partial charge in [0.15, 0.2) is 0 Å². The third-order valence-electron chi connectivity index (χ3n) is 3.00. The molecule has 0 saturated carbocycles. The second-order valence-electron chi connectivity index (χ2n) is 5.88. The zero-order valence-electron chi connectivity index (χ0n) is 12.5. The highest BCUT2D eigenvalue weighted by Gasteiger charge is 2.32. The summed E-state index contributed by atoms with van der Waals surface area (Å²) in [4.78, 5) is 23.2. The fourth-order valence-corrected chi connectivity index (χ4v) is 1.76. The fraction of sp³-hybridized carbons (Fsp3) is 0.400. The van der Waals surface area contributed by atoms with E-state index >= 15 is 0 Å². The number of aryl methyl sites for hydroxylation is 1. The van der Waals surface area contributed by atoms with E-state index in [0.29, 0.717) is 11.3 Å². The third-order valence-corrected chi connectivity index (χ3v) is 3.00. The molecule has 0 saturated heterocycles. The first kappa shape index (κ1) is 16.5. The van der Waals surface area contributed by atoms with Crippen LogP contribution in [0.4, 0.5) is 10.5 Å². The summed E-state index contributed by atoms with van der Waals surface area (Å²) in [6.07, 6.45) is 0. The van der Waals surface area contributed by atoms with Gasteiger partial charge in [-0.25, -0.2) is 9.59 Å². The number of anilines is 1. The average molecular weight is 289 g/mol. The summed E-state index contributed by atoms with van der Waals surface area (Å²) in [5.74, 6) is -1.10. The standard InChI is InChI=1S/C15H19N3O3/c1-9-5-6-10(8-16)7-11(9)17-14(21)18-12(13(19)20)15(2,3)4/h5-7,12H,1-4H3,(H,19,20)(H2,17,18,21). The Bertz CT molecular complexity index is 597. The van der Waals surface area contributed by atoms with Crippen LogP contribution in [0.25, 0.3) is 0 Å². The summed E-state index contributed by atoms with van der Waals surface area (Å²) < 4.78 is 0. The van der Waals surface area contributed by atoms with Gasteiger partial charge in [-0.1, -0.05) is 26.8 Å². The molecule has 0 heterocycles. The number of carbonyl (C=O) groups is 2. The number of nitrogens with zero attached hydrogens (tertiary/aromatic N) is 1. The van der Waals surface area contributed by atoms with Gasteiger partial charge in [0.25, 0.3) is 0 Å². The maximum Gasteiger partial charge on any atom is 0.326 e. The van der Waals surface area contributed by atoms with E-state index in [-0.39, 0.29) is 0 Å². The van der Waals surface area contributed by atoms with Crippen molar-refractivity contribution >= 4 is 17.7 Å². The largest absolute Gasteiger partial charge is 0.480 e. The van der Waals surface area contributed by atoms with E-state index in [1.54, 1.807) is 45.9 Å². The summed E-state index contributed by atoms with van der Waals surface area (Å²) in [5.41, 5.74) is 1.06. The summed E-state index contributed by atoms with van der Waals surface area (Å²) in [7, 11) is 0. The number of urea groups is 1. The Kier molecular flexibility index (Phi) is 4.93. The Morgan fingerprint density at radius 3 is 2.43 bits per heavy atom. The minimum atomic E-state index is -1.10. The van der Waals surface area contributed by atoms with Crippen molar-refractivity contribution in [2.24, 2.45) is 5.41 Å². The number of rotatable bonds is 3. The van der Waals surface area contributed by atoms with Crippen LogP contribution in [-0.2, 0) is 4.79 Å².